The molecule has 0 radical (unpaired) electrons. The lowest BCUT2D eigenvalue weighted by Gasteiger charge is -2.07. The van der Waals surface area contributed by atoms with Gasteiger partial charge in [-0.3, -0.25) is 4.98 Å². The summed E-state index contributed by atoms with van der Waals surface area (Å²) in [6, 6.07) is 13.3. The first-order chi connectivity index (χ1) is 10.2. The molecule has 104 valence electrons. The van der Waals surface area contributed by atoms with E-state index in [0.29, 0.717) is 11.2 Å². The van der Waals surface area contributed by atoms with Crippen molar-refractivity contribution in [2.24, 2.45) is 0 Å². The highest BCUT2D eigenvalue weighted by Crippen LogP contribution is 2.13. The quantitative estimate of drug-likeness (QED) is 0.694. The molecule has 0 amide bonds. The van der Waals surface area contributed by atoms with Gasteiger partial charge in [0.25, 0.3) is 0 Å². The summed E-state index contributed by atoms with van der Waals surface area (Å²) in [5.41, 5.74) is 2.00. The van der Waals surface area contributed by atoms with E-state index >= 15 is 0 Å². The Kier molecular flexibility index (Phi) is 3.81. The molecule has 21 heavy (non-hydrogen) atoms. The van der Waals surface area contributed by atoms with Crippen LogP contribution in [0.5, 0.6) is 5.75 Å². The van der Waals surface area contributed by atoms with Gasteiger partial charge in [0.15, 0.2) is 0 Å². The van der Waals surface area contributed by atoms with E-state index in [9.17, 15) is 0 Å². The van der Waals surface area contributed by atoms with Crippen molar-refractivity contribution in [3.05, 3.63) is 60.6 Å². The van der Waals surface area contributed by atoms with Crippen molar-refractivity contribution in [1.29, 1.82) is 0 Å². The number of pyridine rings is 2. The number of fused-ring (bicyclic) bond motifs is 1. The van der Waals surface area contributed by atoms with Crippen LogP contribution in [-0.2, 0) is 6.61 Å². The van der Waals surface area contributed by atoms with Gasteiger partial charge in [0.05, 0.1) is 17.4 Å². The van der Waals surface area contributed by atoms with Gasteiger partial charge in [-0.2, -0.15) is 0 Å². The van der Waals surface area contributed by atoms with Crippen molar-refractivity contribution in [3.63, 3.8) is 0 Å². The van der Waals surface area contributed by atoms with Gasteiger partial charge in [0.2, 0.25) is 0 Å². The first-order valence-corrected chi connectivity index (χ1v) is 6.51. The third-order valence-corrected chi connectivity index (χ3v) is 3.08. The van der Waals surface area contributed by atoms with Crippen molar-refractivity contribution in [2.45, 2.75) is 6.61 Å². The Labute approximate surface area is 122 Å². The lowest BCUT2D eigenvalue weighted by molar-refractivity contribution is 0.300. The van der Waals surface area contributed by atoms with E-state index in [1.807, 2.05) is 36.4 Å². The second-order valence-electron chi connectivity index (χ2n) is 4.61. The third-order valence-electron chi connectivity index (χ3n) is 3.08. The Hall–Kier alpha value is -2.44. The Morgan fingerprint density at radius 1 is 1.05 bits per heavy atom. The van der Waals surface area contributed by atoms with Crippen molar-refractivity contribution < 1.29 is 14.8 Å². The predicted octanol–water partition coefficient (Wildman–Crippen LogP) is 0.889. The number of hydrogen-bond donors (Lipinski definition) is 2. The van der Waals surface area contributed by atoms with E-state index in [1.165, 1.54) is 12.4 Å². The van der Waals surface area contributed by atoms with Crippen LogP contribution in [0.2, 0.25) is 0 Å². The first kappa shape index (κ1) is 13.5. The third kappa shape index (κ3) is 3.18. The molecule has 5 nitrogen and oxygen atoms in total. The van der Waals surface area contributed by atoms with Gasteiger partial charge in [0.1, 0.15) is 12.4 Å². The summed E-state index contributed by atoms with van der Waals surface area (Å²) in [6.07, 6.45) is 2.90. The highest BCUT2D eigenvalue weighted by molar-refractivity contribution is 6.58. The number of nitrogens with zero attached hydrogens (tertiary/aromatic N) is 2. The molecule has 0 aliphatic rings. The number of benzene rings is 1. The van der Waals surface area contributed by atoms with Crippen LogP contribution >= 0.6 is 0 Å². The Balaban J connectivity index is 1.75. The lowest BCUT2D eigenvalue weighted by Crippen LogP contribution is -2.30. The Bertz CT molecular complexity index is 764. The highest BCUT2D eigenvalue weighted by atomic mass is 16.5. The highest BCUT2D eigenvalue weighted by Gasteiger charge is 2.12. The van der Waals surface area contributed by atoms with Crippen LogP contribution in [0.3, 0.4) is 0 Å². The van der Waals surface area contributed by atoms with Gasteiger partial charge in [-0.15, -0.1) is 0 Å². The molecule has 1 aromatic carbocycles. The monoisotopic (exact) mass is 280 g/mol. The minimum atomic E-state index is -1.56. The molecule has 2 heterocycles. The van der Waals surface area contributed by atoms with Gasteiger partial charge in [-0.25, -0.2) is 4.98 Å². The normalized spacial score (nSPS) is 10.6. The average Bonchev–Trinajstić information content (AvgIpc) is 2.53. The van der Waals surface area contributed by atoms with E-state index < -0.39 is 7.12 Å². The number of aromatic nitrogens is 2. The van der Waals surface area contributed by atoms with Crippen molar-refractivity contribution in [3.8, 4) is 5.75 Å². The summed E-state index contributed by atoms with van der Waals surface area (Å²) in [5.74, 6) is 0.468. The molecule has 0 bridgehead atoms. The van der Waals surface area contributed by atoms with Crippen LogP contribution in [0.25, 0.3) is 10.9 Å². The Morgan fingerprint density at radius 3 is 2.76 bits per heavy atom. The standard InChI is InChI=1S/C15H13BN2O3/c19-16(20)12-7-14(9-17-8-12)21-10-13-6-5-11-3-1-2-4-15(11)18-13/h1-9,19-20H,10H2. The SMILES string of the molecule is OB(O)c1cncc(OCc2ccc3ccccc3n2)c1. The van der Waals surface area contributed by atoms with Gasteiger partial charge in [0, 0.05) is 17.0 Å². The molecule has 0 unspecified atom stereocenters. The molecule has 2 N–H and O–H groups in total. The molecule has 0 saturated heterocycles. The zero-order chi connectivity index (χ0) is 14.7. The van der Waals surface area contributed by atoms with Gasteiger partial charge < -0.3 is 14.8 Å². The maximum Gasteiger partial charge on any atom is 0.490 e. The molecule has 6 heteroatoms. The molecule has 3 rings (SSSR count). The van der Waals surface area contributed by atoms with E-state index in [4.69, 9.17) is 14.8 Å². The topological polar surface area (TPSA) is 75.5 Å². The van der Waals surface area contributed by atoms with Crippen LogP contribution in [0, 0.1) is 0 Å². The summed E-state index contributed by atoms with van der Waals surface area (Å²) in [6.45, 7) is 0.289. The summed E-state index contributed by atoms with van der Waals surface area (Å²) in [5, 5.41) is 19.3. The fraction of sp³-hybridized carbons (Fsp3) is 0.0667. The summed E-state index contributed by atoms with van der Waals surface area (Å²) < 4.78 is 5.58. The van der Waals surface area contributed by atoms with Crippen LogP contribution in [-0.4, -0.2) is 27.1 Å². The minimum absolute atomic E-state index is 0.289. The molecule has 0 aliphatic carbocycles. The smallest absolute Gasteiger partial charge is 0.486 e. The van der Waals surface area contributed by atoms with E-state index in [2.05, 4.69) is 9.97 Å². The second kappa shape index (κ2) is 5.91. The molecule has 0 aliphatic heterocycles. The Morgan fingerprint density at radius 2 is 1.90 bits per heavy atom. The van der Waals surface area contributed by atoms with E-state index in [0.717, 1.165) is 16.6 Å². The maximum absolute atomic E-state index is 9.10. The molecule has 0 fully saturated rings. The van der Waals surface area contributed by atoms with Crippen molar-refractivity contribution in [2.75, 3.05) is 0 Å². The van der Waals surface area contributed by atoms with Crippen molar-refractivity contribution >= 4 is 23.5 Å². The number of rotatable bonds is 4. The van der Waals surface area contributed by atoms with Crippen LogP contribution in [0.4, 0.5) is 0 Å². The number of hydrogen-bond acceptors (Lipinski definition) is 5. The fourth-order valence-corrected chi connectivity index (χ4v) is 2.00. The largest absolute Gasteiger partial charge is 0.490 e. The molecule has 0 spiro atoms. The number of para-hydroxylation sites is 1. The summed E-state index contributed by atoms with van der Waals surface area (Å²) >= 11 is 0. The van der Waals surface area contributed by atoms with Crippen molar-refractivity contribution in [1.82, 2.24) is 9.97 Å². The summed E-state index contributed by atoms with van der Waals surface area (Å²) in [4.78, 5) is 8.41. The molecule has 3 aromatic rings. The first-order valence-electron chi connectivity index (χ1n) is 6.51. The second-order valence-corrected chi connectivity index (χ2v) is 4.61. The van der Waals surface area contributed by atoms with Gasteiger partial charge >= 0.3 is 7.12 Å². The molecule has 0 saturated carbocycles. The predicted molar refractivity (Wildman–Crippen MR) is 80.1 cm³/mol. The number of ether oxygens (including phenoxy) is 1. The zero-order valence-electron chi connectivity index (χ0n) is 11.2. The molecule has 2 aromatic heterocycles. The van der Waals surface area contributed by atoms with E-state index in [-0.39, 0.29) is 6.61 Å². The average molecular weight is 280 g/mol. The molecular weight excluding hydrogens is 267 g/mol. The zero-order valence-corrected chi connectivity index (χ0v) is 11.2. The molecular formula is C15H13BN2O3. The van der Waals surface area contributed by atoms with Crippen LogP contribution in [0.15, 0.2) is 54.9 Å². The summed E-state index contributed by atoms with van der Waals surface area (Å²) in [7, 11) is -1.56. The maximum atomic E-state index is 9.10. The van der Waals surface area contributed by atoms with Crippen LogP contribution in [0.1, 0.15) is 5.69 Å². The lowest BCUT2D eigenvalue weighted by atomic mass is 9.82. The minimum Gasteiger partial charge on any atom is -0.486 e. The fourth-order valence-electron chi connectivity index (χ4n) is 2.00. The van der Waals surface area contributed by atoms with E-state index in [1.54, 1.807) is 6.07 Å². The molecule has 0 atom stereocenters. The van der Waals surface area contributed by atoms with Gasteiger partial charge in [-0.1, -0.05) is 24.3 Å². The van der Waals surface area contributed by atoms with Gasteiger partial charge in [-0.05, 0) is 18.2 Å². The van der Waals surface area contributed by atoms with Crippen LogP contribution < -0.4 is 10.2 Å².